The molecule has 28 heavy (non-hydrogen) atoms. The summed E-state index contributed by atoms with van der Waals surface area (Å²) >= 11 is 1.49. The molecule has 1 atom stereocenters. The first kappa shape index (κ1) is 19.7. The fourth-order valence-corrected chi connectivity index (χ4v) is 3.36. The second kappa shape index (κ2) is 8.75. The van der Waals surface area contributed by atoms with Gasteiger partial charge in [-0.3, -0.25) is 14.6 Å². The second-order valence-corrected chi connectivity index (χ2v) is 7.81. The van der Waals surface area contributed by atoms with Crippen molar-refractivity contribution in [2.24, 2.45) is 0 Å². The Kier molecular flexibility index (Phi) is 6.16. The van der Waals surface area contributed by atoms with Crippen LogP contribution in [0.3, 0.4) is 0 Å². The van der Waals surface area contributed by atoms with Gasteiger partial charge in [-0.2, -0.15) is 0 Å². The molecule has 6 nitrogen and oxygen atoms in total. The predicted octanol–water partition coefficient (Wildman–Crippen LogP) is 4.66. The van der Waals surface area contributed by atoms with Crippen LogP contribution in [-0.4, -0.2) is 21.8 Å². The van der Waals surface area contributed by atoms with Crippen LogP contribution in [0, 0.1) is 0 Å². The maximum Gasteiger partial charge on any atom is 0.255 e. The number of nitrogens with zero attached hydrogens (tertiary/aromatic N) is 2. The minimum absolute atomic E-state index is 0.113. The van der Waals surface area contributed by atoms with Gasteiger partial charge in [0, 0.05) is 34.7 Å². The summed E-state index contributed by atoms with van der Waals surface area (Å²) in [6.07, 6.45) is 4.95. The van der Waals surface area contributed by atoms with Gasteiger partial charge in [0.2, 0.25) is 5.91 Å². The van der Waals surface area contributed by atoms with Crippen LogP contribution in [0.4, 0.5) is 10.8 Å². The number of hydrogen-bond acceptors (Lipinski definition) is 5. The van der Waals surface area contributed by atoms with Crippen molar-refractivity contribution in [2.45, 2.75) is 32.6 Å². The van der Waals surface area contributed by atoms with Crippen molar-refractivity contribution in [1.82, 2.24) is 9.97 Å². The Bertz CT molecular complexity index is 952. The van der Waals surface area contributed by atoms with Crippen LogP contribution < -0.4 is 10.6 Å². The average molecular weight is 395 g/mol. The molecule has 0 aliphatic rings. The highest BCUT2D eigenvalue weighted by Gasteiger charge is 2.17. The van der Waals surface area contributed by atoms with Crippen molar-refractivity contribution in [3.63, 3.8) is 0 Å². The largest absolute Gasteiger partial charge is 0.322 e. The van der Waals surface area contributed by atoms with Gasteiger partial charge in [-0.05, 0) is 42.7 Å². The van der Waals surface area contributed by atoms with Gasteiger partial charge >= 0.3 is 0 Å². The van der Waals surface area contributed by atoms with Gasteiger partial charge < -0.3 is 10.6 Å². The van der Waals surface area contributed by atoms with Gasteiger partial charge in [0.1, 0.15) is 0 Å². The molecule has 3 aromatic rings. The number of aromatic nitrogens is 2. The van der Waals surface area contributed by atoms with Crippen molar-refractivity contribution in [1.29, 1.82) is 0 Å². The Labute approximate surface area is 168 Å². The van der Waals surface area contributed by atoms with Crippen molar-refractivity contribution < 1.29 is 9.59 Å². The zero-order valence-corrected chi connectivity index (χ0v) is 16.8. The van der Waals surface area contributed by atoms with E-state index in [4.69, 9.17) is 0 Å². The lowest BCUT2D eigenvalue weighted by atomic mass is 10.00. The van der Waals surface area contributed by atoms with Gasteiger partial charge in [-0.25, -0.2) is 4.98 Å². The van der Waals surface area contributed by atoms with Gasteiger partial charge in [0.05, 0.1) is 5.92 Å². The molecule has 7 heteroatoms. The number of carbonyl (C=O) groups excluding carboxylic acids is 2. The van der Waals surface area contributed by atoms with E-state index in [0.717, 1.165) is 10.4 Å². The smallest absolute Gasteiger partial charge is 0.255 e. The first-order chi connectivity index (χ1) is 13.4. The number of amides is 2. The number of anilines is 2. The van der Waals surface area contributed by atoms with Gasteiger partial charge in [-0.15, -0.1) is 11.3 Å². The molecular weight excluding hydrogens is 372 g/mol. The standard InChI is InChI=1S/C21H22N4O2S/c1-13(2)18-12-23-21(28-18)25-19(26)14(3)15-4-6-17(7-5-15)24-20(27)16-8-10-22-11-9-16/h4-14H,1-3H3,(H,24,27)(H,23,25,26)/t14-/m1/s1. The third kappa shape index (κ3) is 4.80. The van der Waals surface area contributed by atoms with E-state index in [1.54, 1.807) is 42.9 Å². The summed E-state index contributed by atoms with van der Waals surface area (Å²) in [6.45, 7) is 6.03. The highest BCUT2D eigenvalue weighted by Crippen LogP contribution is 2.26. The summed E-state index contributed by atoms with van der Waals surface area (Å²) in [5.41, 5.74) is 2.07. The summed E-state index contributed by atoms with van der Waals surface area (Å²) in [5, 5.41) is 6.32. The number of benzene rings is 1. The molecule has 0 radical (unpaired) electrons. The molecule has 2 amide bonds. The maximum atomic E-state index is 12.5. The topological polar surface area (TPSA) is 84.0 Å². The average Bonchev–Trinajstić information content (AvgIpc) is 3.17. The third-order valence-electron chi connectivity index (χ3n) is 4.33. The van der Waals surface area contributed by atoms with E-state index in [1.807, 2.05) is 19.1 Å². The van der Waals surface area contributed by atoms with E-state index in [1.165, 1.54) is 11.3 Å². The molecule has 3 rings (SSSR count). The summed E-state index contributed by atoms with van der Waals surface area (Å²) in [4.78, 5) is 34.0. The first-order valence-corrected chi connectivity index (χ1v) is 9.83. The first-order valence-electron chi connectivity index (χ1n) is 9.02. The number of hydrogen-bond donors (Lipinski definition) is 2. The molecule has 0 fully saturated rings. The lowest BCUT2D eigenvalue weighted by molar-refractivity contribution is -0.117. The quantitative estimate of drug-likeness (QED) is 0.637. The molecule has 0 aliphatic carbocycles. The van der Waals surface area contributed by atoms with E-state index in [-0.39, 0.29) is 17.7 Å². The monoisotopic (exact) mass is 394 g/mol. The molecule has 0 spiro atoms. The number of carbonyl (C=O) groups is 2. The zero-order chi connectivity index (χ0) is 20.1. The molecule has 1 aromatic carbocycles. The Morgan fingerprint density at radius 3 is 2.25 bits per heavy atom. The normalized spacial score (nSPS) is 11.9. The van der Waals surface area contributed by atoms with Crippen molar-refractivity contribution in [3.05, 3.63) is 71.0 Å². The fraction of sp³-hybridized carbons (Fsp3) is 0.238. The van der Waals surface area contributed by atoms with Crippen LogP contribution in [0.25, 0.3) is 0 Å². The van der Waals surface area contributed by atoms with Crippen LogP contribution in [-0.2, 0) is 4.79 Å². The Morgan fingerprint density at radius 2 is 1.64 bits per heavy atom. The minimum atomic E-state index is -0.337. The molecular formula is C21H22N4O2S. The van der Waals surface area contributed by atoms with Gasteiger partial charge in [-0.1, -0.05) is 26.0 Å². The summed E-state index contributed by atoms with van der Waals surface area (Å²) in [6, 6.07) is 10.6. The van der Waals surface area contributed by atoms with Crippen LogP contribution >= 0.6 is 11.3 Å². The van der Waals surface area contributed by atoms with E-state index in [0.29, 0.717) is 22.3 Å². The van der Waals surface area contributed by atoms with Crippen LogP contribution in [0.5, 0.6) is 0 Å². The number of nitrogens with one attached hydrogen (secondary N) is 2. The van der Waals surface area contributed by atoms with Crippen molar-refractivity contribution in [3.8, 4) is 0 Å². The molecule has 2 N–H and O–H groups in total. The van der Waals surface area contributed by atoms with E-state index in [9.17, 15) is 9.59 Å². The van der Waals surface area contributed by atoms with Gasteiger partial charge in [0.15, 0.2) is 5.13 Å². The summed E-state index contributed by atoms with van der Waals surface area (Å²) in [5.74, 6) is -0.268. The highest BCUT2D eigenvalue weighted by molar-refractivity contribution is 7.15. The van der Waals surface area contributed by atoms with E-state index in [2.05, 4.69) is 34.4 Å². The van der Waals surface area contributed by atoms with E-state index < -0.39 is 0 Å². The van der Waals surface area contributed by atoms with Gasteiger partial charge in [0.25, 0.3) is 5.91 Å². The molecule has 2 aromatic heterocycles. The van der Waals surface area contributed by atoms with Crippen LogP contribution in [0.2, 0.25) is 0 Å². The molecule has 0 bridgehead atoms. The number of thiazole rings is 1. The molecule has 0 saturated heterocycles. The Morgan fingerprint density at radius 1 is 0.964 bits per heavy atom. The maximum absolute atomic E-state index is 12.5. The van der Waals surface area contributed by atoms with Crippen molar-refractivity contribution in [2.75, 3.05) is 10.6 Å². The molecule has 0 unspecified atom stereocenters. The molecule has 0 aliphatic heterocycles. The fourth-order valence-electron chi connectivity index (χ4n) is 2.54. The SMILES string of the molecule is CC(C)c1cnc(NC(=O)[C@H](C)c2ccc(NC(=O)c3ccncc3)cc2)s1. The van der Waals surface area contributed by atoms with Crippen LogP contribution in [0.1, 0.15) is 53.4 Å². The number of pyridine rings is 1. The van der Waals surface area contributed by atoms with E-state index >= 15 is 0 Å². The molecule has 2 heterocycles. The lowest BCUT2D eigenvalue weighted by Gasteiger charge is -2.12. The van der Waals surface area contributed by atoms with Crippen molar-refractivity contribution >= 4 is 34.0 Å². The Balaban J connectivity index is 1.61. The summed E-state index contributed by atoms with van der Waals surface area (Å²) < 4.78 is 0. The molecule has 0 saturated carbocycles. The predicted molar refractivity (Wildman–Crippen MR) is 112 cm³/mol. The summed E-state index contributed by atoms with van der Waals surface area (Å²) in [7, 11) is 0. The minimum Gasteiger partial charge on any atom is -0.322 e. The Hall–Kier alpha value is -3.06. The lowest BCUT2D eigenvalue weighted by Crippen LogP contribution is -2.18. The number of rotatable bonds is 6. The highest BCUT2D eigenvalue weighted by atomic mass is 32.1. The molecule has 144 valence electrons. The second-order valence-electron chi connectivity index (χ2n) is 6.75. The van der Waals surface area contributed by atoms with Crippen LogP contribution in [0.15, 0.2) is 55.0 Å². The third-order valence-corrected chi connectivity index (χ3v) is 5.54. The zero-order valence-electron chi connectivity index (χ0n) is 16.0.